The number of nitrogens with one attached hydrogen (secondary N) is 6. The monoisotopic (exact) mass is 1010 g/mol. The van der Waals surface area contributed by atoms with E-state index in [1.807, 2.05) is 146 Å². The van der Waals surface area contributed by atoms with E-state index < -0.39 is 0 Å². The Balaban J connectivity index is 1.29. The maximum absolute atomic E-state index is 12.7. The van der Waals surface area contributed by atoms with Gasteiger partial charge in [0, 0.05) is 92.8 Å². The number of carbonyl (C=O) groups is 4. The van der Waals surface area contributed by atoms with E-state index in [-0.39, 0.29) is 23.6 Å². The van der Waals surface area contributed by atoms with Gasteiger partial charge < -0.3 is 54.2 Å². The highest BCUT2D eigenvalue weighted by atomic mass is 16.2. The van der Waals surface area contributed by atoms with Crippen molar-refractivity contribution in [2.24, 2.45) is 22.9 Å². The van der Waals surface area contributed by atoms with Crippen LogP contribution in [-0.4, -0.2) is 69.7 Å². The van der Waals surface area contributed by atoms with E-state index >= 15 is 0 Å². The molecule has 2 aliphatic heterocycles. The predicted octanol–water partition coefficient (Wildman–Crippen LogP) is 10.0. The van der Waals surface area contributed by atoms with Gasteiger partial charge in [-0.3, -0.25) is 19.2 Å². The number of rotatable bonds is 20. The Morgan fingerprint density at radius 2 is 0.566 bits per heavy atom. The first kappa shape index (κ1) is 52.1. The van der Waals surface area contributed by atoms with Crippen molar-refractivity contribution in [3.8, 4) is 44.5 Å². The largest absolute Gasteiger partial charge is 0.354 e. The van der Waals surface area contributed by atoms with Gasteiger partial charge in [-0.05, 0) is 171 Å². The summed E-state index contributed by atoms with van der Waals surface area (Å²) in [4.78, 5) is 69.3. The number of H-pyrrole nitrogens is 2. The number of hydrogen-bond donors (Lipinski definition) is 10. The topological polar surface area (TPSA) is 278 Å². The second kappa shape index (κ2) is 24.5. The van der Waals surface area contributed by atoms with Gasteiger partial charge in [-0.25, -0.2) is 9.97 Å². The van der Waals surface area contributed by atoms with Gasteiger partial charge >= 0.3 is 0 Å². The molecule has 0 spiro atoms. The number of aromatic nitrogens is 4. The van der Waals surface area contributed by atoms with Crippen LogP contribution < -0.4 is 44.2 Å². The van der Waals surface area contributed by atoms with E-state index in [1.165, 1.54) is 0 Å². The maximum atomic E-state index is 12.7. The summed E-state index contributed by atoms with van der Waals surface area (Å²) in [6.07, 6.45) is 11.6. The molecule has 0 saturated carbocycles. The quantitative estimate of drug-likeness (QED) is 0.0345. The van der Waals surface area contributed by atoms with Gasteiger partial charge in [-0.2, -0.15) is 0 Å². The first-order chi connectivity index (χ1) is 37.1. The standard InChI is InChI=1S/C60H62N12O4/c61-33-1-5-53(73)65-41-17-9-37(10-18-41)57-45-25-27-47(69-45)58(38-11-19-42(20-12-38)66-54(74)6-2-34-62)49-29-31-51(71-49)60(40-15-23-44(24-16-40)68-56(76)8-4-36-64)52-32-30-50(72-52)59(48-28-26-46(57)70-48)39-13-21-43(22-14-39)67-55(75)7-3-35-63/h9-32,69-70H,1-8,33-36,61-64H2,(H,65,73)(H,66,74)(H,67,75)(H,68,76). The van der Waals surface area contributed by atoms with Crippen LogP contribution in [0.5, 0.6) is 0 Å². The van der Waals surface area contributed by atoms with Crippen molar-refractivity contribution in [2.75, 3.05) is 47.4 Å². The van der Waals surface area contributed by atoms with E-state index in [2.05, 4.69) is 31.2 Å². The van der Waals surface area contributed by atoms with Crippen molar-refractivity contribution < 1.29 is 19.2 Å². The lowest BCUT2D eigenvalue weighted by atomic mass is 10.0. The van der Waals surface area contributed by atoms with E-state index in [0.29, 0.717) is 123 Å². The Morgan fingerprint density at radius 3 is 0.842 bits per heavy atom. The third-order valence-corrected chi connectivity index (χ3v) is 13.0. The van der Waals surface area contributed by atoms with Crippen LogP contribution in [0, 0.1) is 0 Å². The van der Waals surface area contributed by atoms with Crippen molar-refractivity contribution in [1.82, 2.24) is 19.9 Å². The maximum Gasteiger partial charge on any atom is 0.224 e. The molecule has 5 heterocycles. The zero-order valence-electron chi connectivity index (χ0n) is 42.2. The normalized spacial score (nSPS) is 11.6. The fraction of sp³-hybridized carbons (Fsp3) is 0.200. The molecule has 16 nitrogen and oxygen atoms in total. The Hall–Kier alpha value is -8.80. The van der Waals surface area contributed by atoms with Crippen molar-refractivity contribution in [3.63, 3.8) is 0 Å². The molecule has 3 aromatic heterocycles. The summed E-state index contributed by atoms with van der Waals surface area (Å²) >= 11 is 0. The van der Waals surface area contributed by atoms with Crippen LogP contribution in [-0.2, 0) is 19.2 Å². The fourth-order valence-corrected chi connectivity index (χ4v) is 9.25. The minimum Gasteiger partial charge on any atom is -0.354 e. The average Bonchev–Trinajstić information content (AvgIpc) is 4.32. The van der Waals surface area contributed by atoms with Crippen molar-refractivity contribution in [3.05, 3.63) is 144 Å². The van der Waals surface area contributed by atoms with Crippen LogP contribution >= 0.6 is 0 Å². The highest BCUT2D eigenvalue weighted by Crippen LogP contribution is 2.39. The van der Waals surface area contributed by atoms with E-state index in [1.54, 1.807) is 0 Å². The zero-order valence-corrected chi connectivity index (χ0v) is 42.2. The average molecular weight is 1020 g/mol. The van der Waals surface area contributed by atoms with Crippen LogP contribution in [0.15, 0.2) is 121 Å². The molecule has 4 aromatic carbocycles. The Morgan fingerprint density at radius 1 is 0.329 bits per heavy atom. The Labute approximate surface area is 440 Å². The minimum atomic E-state index is -0.113. The summed E-state index contributed by atoms with van der Waals surface area (Å²) in [6, 6.07) is 39.0. The number of nitrogens with zero attached hydrogens (tertiary/aromatic N) is 2. The third kappa shape index (κ3) is 12.4. The van der Waals surface area contributed by atoms with Gasteiger partial charge in [0.15, 0.2) is 0 Å². The lowest BCUT2D eigenvalue weighted by Gasteiger charge is -2.10. The van der Waals surface area contributed by atoms with Gasteiger partial charge in [-0.15, -0.1) is 0 Å². The fourth-order valence-electron chi connectivity index (χ4n) is 9.25. The van der Waals surface area contributed by atoms with E-state index in [0.717, 1.165) is 66.6 Å². The number of carbonyl (C=O) groups excluding carboxylic acids is 4. The molecule has 386 valence electrons. The highest BCUT2D eigenvalue weighted by Gasteiger charge is 2.21. The van der Waals surface area contributed by atoms with Crippen molar-refractivity contribution in [2.45, 2.75) is 51.4 Å². The molecule has 9 rings (SSSR count). The van der Waals surface area contributed by atoms with Gasteiger partial charge in [0.25, 0.3) is 0 Å². The van der Waals surface area contributed by atoms with E-state index in [9.17, 15) is 19.2 Å². The smallest absolute Gasteiger partial charge is 0.224 e. The summed E-state index contributed by atoms with van der Waals surface area (Å²) in [5, 5.41) is 12.0. The molecule has 2 aliphatic rings. The van der Waals surface area contributed by atoms with Crippen molar-refractivity contribution in [1.29, 1.82) is 0 Å². The molecular formula is C60H62N12O4. The summed E-state index contributed by atoms with van der Waals surface area (Å²) in [6.45, 7) is 1.71. The van der Waals surface area contributed by atoms with Gasteiger partial charge in [-0.1, -0.05) is 48.5 Å². The summed E-state index contributed by atoms with van der Waals surface area (Å²) in [5.74, 6) is -0.440. The van der Waals surface area contributed by atoms with E-state index in [4.69, 9.17) is 32.9 Å². The van der Waals surface area contributed by atoms with Crippen LogP contribution in [0.4, 0.5) is 22.7 Å². The van der Waals surface area contributed by atoms with Crippen LogP contribution in [0.2, 0.25) is 0 Å². The summed E-state index contributed by atoms with van der Waals surface area (Å²) in [7, 11) is 0. The number of anilines is 4. The lowest BCUT2D eigenvalue weighted by molar-refractivity contribution is -0.117. The molecule has 0 fully saturated rings. The third-order valence-electron chi connectivity index (χ3n) is 13.0. The molecule has 4 amide bonds. The molecule has 0 atom stereocenters. The Bertz CT molecular complexity index is 3320. The lowest BCUT2D eigenvalue weighted by Crippen LogP contribution is -2.13. The second-order valence-corrected chi connectivity index (χ2v) is 18.6. The molecule has 16 heteroatoms. The molecule has 8 bridgehead atoms. The van der Waals surface area contributed by atoms with Gasteiger partial charge in [0.2, 0.25) is 23.6 Å². The van der Waals surface area contributed by atoms with Gasteiger partial charge in [0.1, 0.15) is 0 Å². The second-order valence-electron chi connectivity index (χ2n) is 18.6. The molecule has 7 aromatic rings. The molecule has 0 aliphatic carbocycles. The molecule has 76 heavy (non-hydrogen) atoms. The van der Waals surface area contributed by atoms with Crippen LogP contribution in [0.1, 0.15) is 74.1 Å². The number of nitrogens with two attached hydrogens (primary N) is 4. The number of hydrogen-bond acceptors (Lipinski definition) is 10. The molecular weight excluding hydrogens is 953 g/mol. The number of fused-ring (bicyclic) bond motifs is 8. The number of aromatic amines is 2. The predicted molar refractivity (Wildman–Crippen MR) is 308 cm³/mol. The highest BCUT2D eigenvalue weighted by molar-refractivity contribution is 6.02. The first-order valence-corrected chi connectivity index (χ1v) is 25.7. The molecule has 14 N–H and O–H groups in total. The zero-order chi connectivity index (χ0) is 53.0. The molecule has 0 radical (unpaired) electrons. The van der Waals surface area contributed by atoms with Gasteiger partial charge in [0.05, 0.1) is 22.8 Å². The SMILES string of the molecule is NCCCC(=O)Nc1ccc(-c2c3nc(c(-c4ccc(NC(=O)CCCN)cc4)c4ccc([nH]4)c(-c4ccc(NC(=O)CCCN)cc4)c4ccc([nH]4)c(-c4ccc(NC(=O)CCCN)cc4)c4nc2C=C4)C=C3)cc1. The van der Waals surface area contributed by atoms with Crippen LogP contribution in [0.3, 0.4) is 0 Å². The Kier molecular flexibility index (Phi) is 16.8. The van der Waals surface area contributed by atoms with Crippen molar-refractivity contribution >= 4 is 92.7 Å². The van der Waals surface area contributed by atoms with Crippen LogP contribution in [0.25, 0.3) is 90.9 Å². The number of benzene rings is 4. The summed E-state index contributed by atoms with van der Waals surface area (Å²) in [5.41, 5.74) is 37.9. The minimum absolute atomic E-state index is 0.107. The number of amides is 4. The molecule has 0 unspecified atom stereocenters. The first-order valence-electron chi connectivity index (χ1n) is 25.7. The molecule has 0 saturated heterocycles. The summed E-state index contributed by atoms with van der Waals surface area (Å²) < 4.78 is 0.